The number of ether oxygens (including phenoxy) is 2. The van der Waals surface area contributed by atoms with Crippen LogP contribution in [0.4, 0.5) is 37.0 Å². The largest absolute Gasteiger partial charge is 0.484 e. The van der Waals surface area contributed by atoms with Gasteiger partial charge in [-0.25, -0.2) is 17.9 Å². The smallest absolute Gasteiger partial charge is 0.422 e. The predicted octanol–water partition coefficient (Wildman–Crippen LogP) is 5.04. The second kappa shape index (κ2) is 10.8. The molecule has 3 aliphatic rings. The lowest BCUT2D eigenvalue weighted by Crippen LogP contribution is -2.42. The van der Waals surface area contributed by atoms with E-state index < -0.39 is 74.5 Å². The Morgan fingerprint density at radius 3 is 2.44 bits per heavy atom. The number of amides is 1. The van der Waals surface area contributed by atoms with Crippen LogP contribution in [-0.4, -0.2) is 60.6 Å². The highest BCUT2D eigenvalue weighted by molar-refractivity contribution is 7.92. The molecule has 2 saturated carbocycles. The van der Waals surface area contributed by atoms with Crippen molar-refractivity contribution in [3.05, 3.63) is 35.5 Å². The zero-order valence-electron chi connectivity index (χ0n) is 22.7. The van der Waals surface area contributed by atoms with Gasteiger partial charge in [0.2, 0.25) is 0 Å². The third-order valence-corrected chi connectivity index (χ3v) is 9.91. The highest BCUT2D eigenvalue weighted by atomic mass is 32.2. The molecule has 10 nitrogen and oxygen atoms in total. The van der Waals surface area contributed by atoms with Crippen molar-refractivity contribution in [1.82, 2.24) is 15.1 Å². The molecule has 43 heavy (non-hydrogen) atoms. The molecule has 0 spiro atoms. The first-order valence-corrected chi connectivity index (χ1v) is 14.9. The normalized spacial score (nSPS) is 22.0. The summed E-state index contributed by atoms with van der Waals surface area (Å²) in [4.78, 5) is 13.1. The molecule has 3 fully saturated rings. The van der Waals surface area contributed by atoms with Gasteiger partial charge < -0.3 is 19.7 Å². The molecule has 1 N–H and O–H groups in total. The first-order chi connectivity index (χ1) is 20.0. The van der Waals surface area contributed by atoms with E-state index in [-0.39, 0.29) is 18.7 Å². The first kappa shape index (κ1) is 30.8. The zero-order valence-corrected chi connectivity index (χ0v) is 23.5. The minimum atomic E-state index is -5.25. The van der Waals surface area contributed by atoms with Crippen LogP contribution >= 0.6 is 0 Å². The third kappa shape index (κ3) is 6.48. The van der Waals surface area contributed by atoms with Crippen molar-refractivity contribution in [3.63, 3.8) is 0 Å². The lowest BCUT2D eigenvalue weighted by atomic mass is 9.93. The van der Waals surface area contributed by atoms with E-state index in [1.807, 2.05) is 6.07 Å². The van der Waals surface area contributed by atoms with Crippen LogP contribution in [0.15, 0.2) is 29.2 Å². The number of nitriles is 1. The van der Waals surface area contributed by atoms with Crippen molar-refractivity contribution in [3.8, 4) is 11.8 Å². The minimum absolute atomic E-state index is 0.00299. The van der Waals surface area contributed by atoms with Crippen molar-refractivity contribution in [2.45, 2.75) is 85.8 Å². The molecule has 2 heterocycles. The van der Waals surface area contributed by atoms with E-state index in [1.54, 1.807) is 17.7 Å². The second-order valence-corrected chi connectivity index (χ2v) is 13.2. The molecule has 2 aromatic rings. The molecule has 1 aliphatic heterocycles. The maximum atomic E-state index is 14.0. The summed E-state index contributed by atoms with van der Waals surface area (Å²) in [5, 5.41) is 14.8. The van der Waals surface area contributed by atoms with Crippen LogP contribution in [-0.2, 0) is 20.8 Å². The Bertz CT molecular complexity index is 1540. The maximum absolute atomic E-state index is 14.0. The molecule has 1 aromatic heterocycles. The van der Waals surface area contributed by atoms with Crippen LogP contribution in [0.5, 0.6) is 5.75 Å². The van der Waals surface area contributed by atoms with Crippen LogP contribution in [0.1, 0.15) is 55.8 Å². The Morgan fingerprint density at radius 2 is 1.88 bits per heavy atom. The number of nitrogens with one attached hydrogen (secondary N) is 1. The lowest BCUT2D eigenvalue weighted by Gasteiger charge is -2.32. The van der Waals surface area contributed by atoms with Crippen LogP contribution in [0, 0.1) is 18.3 Å². The number of anilines is 1. The van der Waals surface area contributed by atoms with Crippen molar-refractivity contribution in [2.75, 3.05) is 18.1 Å². The maximum Gasteiger partial charge on any atom is 0.422 e. The molecule has 1 aromatic carbocycles. The van der Waals surface area contributed by atoms with Gasteiger partial charge in [0.15, 0.2) is 22.7 Å². The first-order valence-electron chi connectivity index (χ1n) is 13.4. The summed E-state index contributed by atoms with van der Waals surface area (Å²) in [5.41, 5.74) is -2.18. The molecule has 0 unspecified atom stereocenters. The molecular formula is C26H27F6N5O5S. The van der Waals surface area contributed by atoms with Gasteiger partial charge in [-0.3, -0.25) is 0 Å². The van der Waals surface area contributed by atoms with Crippen LogP contribution in [0.3, 0.4) is 0 Å². The number of alkyl carbamates (subject to hydrolysis) is 1. The number of benzene rings is 1. The van der Waals surface area contributed by atoms with E-state index >= 15 is 0 Å². The zero-order chi connectivity index (χ0) is 31.4. The summed E-state index contributed by atoms with van der Waals surface area (Å²) < 4.78 is 119. The van der Waals surface area contributed by atoms with Gasteiger partial charge in [0.25, 0.3) is 0 Å². The number of nitrogens with zero attached hydrogens (tertiary/aromatic N) is 4. The van der Waals surface area contributed by atoms with Gasteiger partial charge in [-0.1, -0.05) is 0 Å². The number of rotatable bonds is 8. The van der Waals surface area contributed by atoms with E-state index in [2.05, 4.69) is 15.2 Å². The number of halogens is 6. The monoisotopic (exact) mass is 635 g/mol. The number of aromatic nitrogens is 2. The van der Waals surface area contributed by atoms with Crippen LogP contribution in [0.25, 0.3) is 0 Å². The van der Waals surface area contributed by atoms with E-state index in [1.165, 1.54) is 4.90 Å². The second-order valence-electron chi connectivity index (χ2n) is 11.0. The number of sulfone groups is 1. The predicted molar refractivity (Wildman–Crippen MR) is 137 cm³/mol. The topological polar surface area (TPSA) is 127 Å². The molecule has 0 radical (unpaired) electrons. The van der Waals surface area contributed by atoms with Crippen molar-refractivity contribution >= 4 is 21.7 Å². The van der Waals surface area contributed by atoms with Gasteiger partial charge in [0.05, 0.1) is 33.5 Å². The van der Waals surface area contributed by atoms with Crippen LogP contribution in [0.2, 0.25) is 0 Å². The summed E-state index contributed by atoms with van der Waals surface area (Å²) in [6, 6.07) is 5.16. The van der Waals surface area contributed by atoms with Gasteiger partial charge in [-0.15, -0.1) is 0 Å². The summed E-state index contributed by atoms with van der Waals surface area (Å²) in [5.74, 6) is -0.382. The fourth-order valence-electron chi connectivity index (χ4n) is 5.11. The highest BCUT2D eigenvalue weighted by Crippen LogP contribution is 2.42. The summed E-state index contributed by atoms with van der Waals surface area (Å²) >= 11 is 0. The fraction of sp³-hybridized carbons (Fsp3) is 0.577. The molecule has 0 bridgehead atoms. The van der Waals surface area contributed by atoms with Gasteiger partial charge in [-0.05, 0) is 57.2 Å². The lowest BCUT2D eigenvalue weighted by molar-refractivity contribution is -0.153. The van der Waals surface area contributed by atoms with E-state index in [0.29, 0.717) is 30.4 Å². The molecule has 1 amide bonds. The number of hydrogen-bond acceptors (Lipinski definition) is 8. The average Bonchev–Trinajstić information content (AvgIpc) is 3.36. The highest BCUT2D eigenvalue weighted by Gasteiger charge is 2.49. The Balaban J connectivity index is 1.47. The fourth-order valence-corrected chi connectivity index (χ4v) is 6.98. The molecule has 1 saturated heterocycles. The minimum Gasteiger partial charge on any atom is -0.484 e. The molecule has 2 aliphatic carbocycles. The Kier molecular flexibility index (Phi) is 7.72. The summed E-state index contributed by atoms with van der Waals surface area (Å²) in [6.07, 6.45) is -9.36. The van der Waals surface area contributed by atoms with Gasteiger partial charge in [-0.2, -0.15) is 36.7 Å². The molecular weight excluding hydrogens is 608 g/mol. The SMILES string of the molecule is Cc1cc(N2C[C@H](S(=O)(=O)c3ccc(OCC(F)(F)F)cc3C(F)(F)F)C[C@@H]2OC(=O)NC2(C#N)CC2)n(C2CCC2)n1. The number of alkyl halides is 6. The quantitative estimate of drug-likeness (QED) is 0.400. The summed E-state index contributed by atoms with van der Waals surface area (Å²) in [7, 11) is -4.80. The van der Waals surface area contributed by atoms with Crippen molar-refractivity contribution in [2.24, 2.45) is 0 Å². The van der Waals surface area contributed by atoms with Gasteiger partial charge >= 0.3 is 18.4 Å². The number of hydrogen-bond donors (Lipinski definition) is 1. The molecule has 17 heteroatoms. The van der Waals surface area contributed by atoms with E-state index in [0.717, 1.165) is 25.3 Å². The van der Waals surface area contributed by atoms with Crippen molar-refractivity contribution in [1.29, 1.82) is 5.26 Å². The van der Waals surface area contributed by atoms with Gasteiger partial charge in [0.1, 0.15) is 17.1 Å². The number of carbonyl (C=O) groups is 1. The standard InChI is InChI=1S/C26H27F6N5O5S/c1-15-9-21(37(35-15)16-3-2-4-16)36-12-18(11-22(36)42-23(38)34-24(13-33)7-8-24)43(39,40)20-6-5-17(41-14-25(27,28)29)10-19(20)26(30,31)32/h5-6,9-10,16,18,22H,2-4,7-8,11-12,14H2,1H3,(H,34,38)/t18-,22+/m1/s1. The number of carbonyl (C=O) groups excluding carboxylic acids is 1. The van der Waals surface area contributed by atoms with E-state index in [9.17, 15) is 44.8 Å². The molecule has 5 rings (SSSR count). The average molecular weight is 636 g/mol. The molecule has 234 valence electrons. The third-order valence-electron chi connectivity index (χ3n) is 7.72. The van der Waals surface area contributed by atoms with E-state index in [4.69, 9.17) is 4.74 Å². The summed E-state index contributed by atoms with van der Waals surface area (Å²) in [6.45, 7) is -0.519. The van der Waals surface area contributed by atoms with Crippen LogP contribution < -0.4 is 15.0 Å². The Morgan fingerprint density at radius 1 is 1.19 bits per heavy atom. The van der Waals surface area contributed by atoms with Crippen molar-refractivity contribution < 1.29 is 49.0 Å². The Hall–Kier alpha value is -3.68. The van der Waals surface area contributed by atoms with Gasteiger partial charge in [0, 0.05) is 19.0 Å². The molecule has 2 atom stereocenters. The Labute approximate surface area is 242 Å². The number of aryl methyl sites for hydroxylation is 1.